The largest absolute Gasteiger partial charge is 0.299 e. The third-order valence-electron chi connectivity index (χ3n) is 3.52. The summed E-state index contributed by atoms with van der Waals surface area (Å²) in [7, 11) is 0. The van der Waals surface area contributed by atoms with Gasteiger partial charge < -0.3 is 0 Å². The fraction of sp³-hybridized carbons (Fsp3) is 0.929. The lowest BCUT2D eigenvalue weighted by Gasteiger charge is -2.08. The van der Waals surface area contributed by atoms with E-state index < -0.39 is 0 Å². The Morgan fingerprint density at radius 3 is 2.40 bits per heavy atom. The molecule has 0 saturated heterocycles. The van der Waals surface area contributed by atoms with E-state index >= 15 is 0 Å². The number of hydrogen-bond acceptors (Lipinski definition) is 1. The lowest BCUT2D eigenvalue weighted by atomic mass is 9.97. The van der Waals surface area contributed by atoms with Crippen molar-refractivity contribution >= 4 is 5.78 Å². The topological polar surface area (TPSA) is 17.1 Å². The van der Waals surface area contributed by atoms with Crippen LogP contribution in [0.3, 0.4) is 0 Å². The van der Waals surface area contributed by atoms with Gasteiger partial charge in [-0.15, -0.1) is 0 Å². The third-order valence-corrected chi connectivity index (χ3v) is 3.52. The highest BCUT2D eigenvalue weighted by atomic mass is 16.1. The zero-order chi connectivity index (χ0) is 11.1. The van der Waals surface area contributed by atoms with Crippen molar-refractivity contribution in [2.24, 2.45) is 11.8 Å². The molecule has 1 aliphatic rings. The molecule has 0 atom stereocenters. The van der Waals surface area contributed by atoms with Crippen LogP contribution in [0.5, 0.6) is 0 Å². The average molecular weight is 210 g/mol. The monoisotopic (exact) mass is 210 g/mol. The molecule has 88 valence electrons. The second-order valence-electron chi connectivity index (χ2n) is 5.44. The lowest BCUT2D eigenvalue weighted by molar-refractivity contribution is -0.122. The predicted octanol–water partition coefficient (Wildman–Crippen LogP) is 4.35. The maximum Gasteiger partial charge on any atom is 0.135 e. The zero-order valence-corrected chi connectivity index (χ0v) is 10.4. The van der Waals surface area contributed by atoms with Crippen LogP contribution >= 0.6 is 0 Å². The number of rotatable bonds is 7. The van der Waals surface area contributed by atoms with Crippen LogP contribution in [0, 0.1) is 11.8 Å². The van der Waals surface area contributed by atoms with Crippen molar-refractivity contribution in [2.45, 2.75) is 71.6 Å². The third kappa shape index (κ3) is 5.34. The number of carbonyl (C=O) groups is 1. The number of carbonyl (C=O) groups excluding carboxylic acids is 1. The number of unbranched alkanes of at least 4 members (excludes halogenated alkanes) is 2. The summed E-state index contributed by atoms with van der Waals surface area (Å²) >= 11 is 0. The average Bonchev–Trinajstić information content (AvgIpc) is 2.69. The molecule has 0 bridgehead atoms. The molecule has 0 aliphatic heterocycles. The van der Waals surface area contributed by atoms with Gasteiger partial charge in [-0.05, 0) is 25.2 Å². The SMILES string of the molecule is CC(C)CCCCCC(=O)C1CCCC1. The van der Waals surface area contributed by atoms with Crippen molar-refractivity contribution in [2.75, 3.05) is 0 Å². The van der Waals surface area contributed by atoms with E-state index in [9.17, 15) is 4.79 Å². The molecular formula is C14H26O. The first-order valence-electron chi connectivity index (χ1n) is 6.73. The number of hydrogen-bond donors (Lipinski definition) is 0. The fourth-order valence-electron chi connectivity index (χ4n) is 2.48. The summed E-state index contributed by atoms with van der Waals surface area (Å²) in [6.45, 7) is 4.54. The van der Waals surface area contributed by atoms with E-state index in [-0.39, 0.29) is 0 Å². The van der Waals surface area contributed by atoms with Crippen LogP contribution in [0.1, 0.15) is 71.6 Å². The zero-order valence-electron chi connectivity index (χ0n) is 10.4. The molecule has 1 aliphatic carbocycles. The summed E-state index contributed by atoms with van der Waals surface area (Å²) < 4.78 is 0. The molecule has 0 aromatic carbocycles. The Labute approximate surface area is 94.6 Å². The van der Waals surface area contributed by atoms with Gasteiger partial charge in [0.1, 0.15) is 5.78 Å². The molecule has 1 fully saturated rings. The summed E-state index contributed by atoms with van der Waals surface area (Å²) in [5.41, 5.74) is 0. The molecule has 0 amide bonds. The van der Waals surface area contributed by atoms with Crippen molar-refractivity contribution in [3.8, 4) is 0 Å². The van der Waals surface area contributed by atoms with E-state index in [0.29, 0.717) is 11.7 Å². The summed E-state index contributed by atoms with van der Waals surface area (Å²) in [6.07, 6.45) is 10.7. The first-order chi connectivity index (χ1) is 7.20. The van der Waals surface area contributed by atoms with Crippen molar-refractivity contribution in [1.82, 2.24) is 0 Å². The van der Waals surface area contributed by atoms with Gasteiger partial charge in [0.15, 0.2) is 0 Å². The molecule has 1 saturated carbocycles. The van der Waals surface area contributed by atoms with Crippen LogP contribution in [-0.4, -0.2) is 5.78 Å². The maximum atomic E-state index is 11.7. The second-order valence-corrected chi connectivity index (χ2v) is 5.44. The molecule has 0 radical (unpaired) electrons. The van der Waals surface area contributed by atoms with Crippen LogP contribution in [-0.2, 0) is 4.79 Å². The summed E-state index contributed by atoms with van der Waals surface area (Å²) in [4.78, 5) is 11.7. The fourth-order valence-corrected chi connectivity index (χ4v) is 2.48. The Balaban J connectivity index is 1.97. The van der Waals surface area contributed by atoms with Gasteiger partial charge in [-0.3, -0.25) is 4.79 Å². The van der Waals surface area contributed by atoms with Gasteiger partial charge >= 0.3 is 0 Å². The standard InChI is InChI=1S/C14H26O/c1-12(2)8-4-3-5-11-14(15)13-9-6-7-10-13/h12-13H,3-11H2,1-2H3. The van der Waals surface area contributed by atoms with Gasteiger partial charge in [-0.2, -0.15) is 0 Å². The molecule has 0 aromatic rings. The minimum absolute atomic E-state index is 0.440. The van der Waals surface area contributed by atoms with Gasteiger partial charge in [0.05, 0.1) is 0 Å². The first-order valence-corrected chi connectivity index (χ1v) is 6.73. The minimum Gasteiger partial charge on any atom is -0.299 e. The second kappa shape index (κ2) is 7.03. The smallest absolute Gasteiger partial charge is 0.135 e. The highest BCUT2D eigenvalue weighted by Crippen LogP contribution is 2.27. The van der Waals surface area contributed by atoms with E-state index in [1.165, 1.54) is 44.9 Å². The molecule has 15 heavy (non-hydrogen) atoms. The molecular weight excluding hydrogens is 184 g/mol. The summed E-state index contributed by atoms with van der Waals surface area (Å²) in [5, 5.41) is 0. The Morgan fingerprint density at radius 2 is 1.80 bits per heavy atom. The van der Waals surface area contributed by atoms with Crippen LogP contribution in [0.15, 0.2) is 0 Å². The predicted molar refractivity (Wildman–Crippen MR) is 64.9 cm³/mol. The van der Waals surface area contributed by atoms with Crippen molar-refractivity contribution in [1.29, 1.82) is 0 Å². The van der Waals surface area contributed by atoms with Crippen LogP contribution < -0.4 is 0 Å². The van der Waals surface area contributed by atoms with Crippen LogP contribution in [0.2, 0.25) is 0 Å². The number of ketones is 1. The van der Waals surface area contributed by atoms with Gasteiger partial charge in [-0.1, -0.05) is 46.0 Å². The highest BCUT2D eigenvalue weighted by Gasteiger charge is 2.21. The molecule has 0 heterocycles. The molecule has 1 nitrogen and oxygen atoms in total. The molecule has 0 aromatic heterocycles. The van der Waals surface area contributed by atoms with E-state index in [1.54, 1.807) is 0 Å². The summed E-state index contributed by atoms with van der Waals surface area (Å²) in [6, 6.07) is 0. The Morgan fingerprint density at radius 1 is 1.13 bits per heavy atom. The molecule has 1 rings (SSSR count). The van der Waals surface area contributed by atoms with E-state index in [0.717, 1.165) is 18.8 Å². The molecule has 0 spiro atoms. The lowest BCUT2D eigenvalue weighted by Crippen LogP contribution is -2.09. The molecule has 1 heteroatoms. The van der Waals surface area contributed by atoms with Crippen LogP contribution in [0.25, 0.3) is 0 Å². The Kier molecular flexibility index (Phi) is 5.97. The van der Waals surface area contributed by atoms with Crippen molar-refractivity contribution < 1.29 is 4.79 Å². The summed E-state index contributed by atoms with van der Waals surface area (Å²) in [5.74, 6) is 1.81. The Bertz CT molecular complexity index is 178. The van der Waals surface area contributed by atoms with Gasteiger partial charge in [0.2, 0.25) is 0 Å². The first kappa shape index (κ1) is 12.7. The quantitative estimate of drug-likeness (QED) is 0.571. The minimum atomic E-state index is 0.440. The van der Waals surface area contributed by atoms with Crippen molar-refractivity contribution in [3.05, 3.63) is 0 Å². The van der Waals surface area contributed by atoms with Gasteiger partial charge in [-0.25, -0.2) is 0 Å². The molecule has 0 unspecified atom stereocenters. The number of Topliss-reactive ketones (excluding diaryl/α,β-unsaturated/α-hetero) is 1. The van der Waals surface area contributed by atoms with Crippen molar-refractivity contribution in [3.63, 3.8) is 0 Å². The van der Waals surface area contributed by atoms with Crippen LogP contribution in [0.4, 0.5) is 0 Å². The highest BCUT2D eigenvalue weighted by molar-refractivity contribution is 5.81. The van der Waals surface area contributed by atoms with E-state index in [1.807, 2.05) is 0 Å². The Hall–Kier alpha value is -0.330. The van der Waals surface area contributed by atoms with Gasteiger partial charge in [0.25, 0.3) is 0 Å². The normalized spacial score (nSPS) is 17.5. The molecule has 0 N–H and O–H groups in total. The van der Waals surface area contributed by atoms with E-state index in [2.05, 4.69) is 13.8 Å². The maximum absolute atomic E-state index is 11.7. The van der Waals surface area contributed by atoms with Gasteiger partial charge in [0, 0.05) is 12.3 Å². The van der Waals surface area contributed by atoms with E-state index in [4.69, 9.17) is 0 Å².